The summed E-state index contributed by atoms with van der Waals surface area (Å²) in [6.45, 7) is 9.30. The summed E-state index contributed by atoms with van der Waals surface area (Å²) < 4.78 is 4.92. The van der Waals surface area contributed by atoms with Crippen molar-refractivity contribution < 1.29 is 19.1 Å². The molecule has 0 aromatic rings. The van der Waals surface area contributed by atoms with Crippen LogP contribution in [0.5, 0.6) is 0 Å². The lowest BCUT2D eigenvalue weighted by molar-refractivity contribution is -0.140. The summed E-state index contributed by atoms with van der Waals surface area (Å²) in [4.78, 5) is 39.8. The third-order valence-corrected chi connectivity index (χ3v) is 3.28. The maximum absolute atomic E-state index is 12.2. The normalized spacial score (nSPS) is 14.6. The molecule has 0 aromatic carbocycles. The van der Waals surface area contributed by atoms with E-state index in [-0.39, 0.29) is 24.5 Å². The van der Waals surface area contributed by atoms with Crippen LogP contribution in [0.25, 0.3) is 0 Å². The Labute approximate surface area is 125 Å². The topological polar surface area (TPSA) is 70.2 Å². The maximum Gasteiger partial charge on any atom is 0.409 e. The molecule has 0 saturated carbocycles. The van der Waals surface area contributed by atoms with Crippen molar-refractivity contribution in [1.82, 2.24) is 14.7 Å². The summed E-state index contributed by atoms with van der Waals surface area (Å²) in [5.41, 5.74) is 0. The third kappa shape index (κ3) is 5.09. The quantitative estimate of drug-likeness (QED) is 0.685. The molecule has 3 amide bonds. The van der Waals surface area contributed by atoms with Gasteiger partial charge >= 0.3 is 6.09 Å². The van der Waals surface area contributed by atoms with Gasteiger partial charge in [0.15, 0.2) is 0 Å². The fourth-order valence-electron chi connectivity index (χ4n) is 2.08. The predicted octanol–water partition coefficient (Wildman–Crippen LogP) is 0.322. The lowest BCUT2D eigenvalue weighted by Crippen LogP contribution is -2.53. The van der Waals surface area contributed by atoms with E-state index in [1.165, 1.54) is 11.8 Å². The van der Waals surface area contributed by atoms with Gasteiger partial charge in [0.1, 0.15) is 6.54 Å². The largest absolute Gasteiger partial charge is 0.450 e. The molecule has 0 aliphatic carbocycles. The Hall–Kier alpha value is -2.05. The van der Waals surface area contributed by atoms with E-state index < -0.39 is 0 Å². The Bertz CT molecular complexity index is 403. The van der Waals surface area contributed by atoms with Crippen molar-refractivity contribution in [2.45, 2.75) is 13.8 Å². The molecule has 0 unspecified atom stereocenters. The molecule has 118 valence electrons. The van der Waals surface area contributed by atoms with Crippen LogP contribution in [0.3, 0.4) is 0 Å². The summed E-state index contributed by atoms with van der Waals surface area (Å²) in [6.07, 6.45) is 1.24. The van der Waals surface area contributed by atoms with Crippen molar-refractivity contribution in [3.05, 3.63) is 12.7 Å². The van der Waals surface area contributed by atoms with E-state index in [1.807, 2.05) is 0 Å². The number of hydrogen-bond donors (Lipinski definition) is 0. The van der Waals surface area contributed by atoms with E-state index in [0.717, 1.165) is 0 Å². The summed E-state index contributed by atoms with van der Waals surface area (Å²) in [5, 5.41) is 0. The summed E-state index contributed by atoms with van der Waals surface area (Å²) in [5.74, 6) is -0.274. The first-order valence-corrected chi connectivity index (χ1v) is 7.05. The Morgan fingerprint density at radius 2 is 1.76 bits per heavy atom. The molecular formula is C14H23N3O4. The third-order valence-electron chi connectivity index (χ3n) is 3.28. The lowest BCUT2D eigenvalue weighted by Gasteiger charge is -2.35. The second-order valence-electron chi connectivity index (χ2n) is 4.75. The van der Waals surface area contributed by atoms with E-state index in [9.17, 15) is 14.4 Å². The van der Waals surface area contributed by atoms with Gasteiger partial charge in [-0.05, 0) is 6.92 Å². The molecule has 1 rings (SSSR count). The standard InChI is InChI=1S/C14H23N3O4/c1-4-6-17(12(3)18)11-13(19)15-7-9-16(10-8-15)14(20)21-5-2/h4H,1,5-11H2,2-3H3. The molecule has 1 aliphatic rings. The van der Waals surface area contributed by atoms with Crippen LogP contribution in [0.1, 0.15) is 13.8 Å². The van der Waals surface area contributed by atoms with E-state index in [0.29, 0.717) is 39.3 Å². The van der Waals surface area contributed by atoms with Crippen LogP contribution < -0.4 is 0 Å². The molecule has 0 radical (unpaired) electrons. The number of nitrogens with zero attached hydrogens (tertiary/aromatic N) is 3. The van der Waals surface area contributed by atoms with Crippen molar-refractivity contribution in [2.75, 3.05) is 45.9 Å². The van der Waals surface area contributed by atoms with Crippen LogP contribution >= 0.6 is 0 Å². The minimum atomic E-state index is -0.346. The molecule has 0 atom stereocenters. The SMILES string of the molecule is C=CCN(CC(=O)N1CCN(C(=O)OCC)CC1)C(C)=O. The van der Waals surface area contributed by atoms with Crippen LogP contribution in [-0.4, -0.2) is 78.5 Å². The smallest absolute Gasteiger partial charge is 0.409 e. The van der Waals surface area contributed by atoms with Crippen molar-refractivity contribution in [2.24, 2.45) is 0 Å². The van der Waals surface area contributed by atoms with Crippen LogP contribution in [0.15, 0.2) is 12.7 Å². The van der Waals surface area contributed by atoms with Gasteiger partial charge in [0.05, 0.1) is 6.61 Å². The number of carbonyl (C=O) groups excluding carboxylic acids is 3. The van der Waals surface area contributed by atoms with Gasteiger partial charge in [-0.25, -0.2) is 4.79 Å². The molecule has 1 saturated heterocycles. The van der Waals surface area contributed by atoms with Crippen molar-refractivity contribution >= 4 is 17.9 Å². The summed E-state index contributed by atoms with van der Waals surface area (Å²) in [6, 6.07) is 0. The molecule has 0 bridgehead atoms. The Kier molecular flexibility index (Phi) is 6.71. The summed E-state index contributed by atoms with van der Waals surface area (Å²) >= 11 is 0. The molecule has 0 spiro atoms. The summed E-state index contributed by atoms with van der Waals surface area (Å²) in [7, 11) is 0. The van der Waals surface area contributed by atoms with E-state index in [1.54, 1.807) is 22.8 Å². The zero-order valence-corrected chi connectivity index (χ0v) is 12.7. The monoisotopic (exact) mass is 297 g/mol. The van der Waals surface area contributed by atoms with Crippen molar-refractivity contribution in [1.29, 1.82) is 0 Å². The zero-order valence-electron chi connectivity index (χ0n) is 12.7. The second-order valence-corrected chi connectivity index (χ2v) is 4.75. The highest BCUT2D eigenvalue weighted by Gasteiger charge is 2.26. The van der Waals surface area contributed by atoms with Crippen molar-refractivity contribution in [3.8, 4) is 0 Å². The van der Waals surface area contributed by atoms with Crippen LogP contribution in [-0.2, 0) is 14.3 Å². The maximum atomic E-state index is 12.2. The number of hydrogen-bond acceptors (Lipinski definition) is 4. The van der Waals surface area contributed by atoms with Gasteiger partial charge in [-0.1, -0.05) is 6.08 Å². The van der Waals surface area contributed by atoms with Gasteiger partial charge in [0.2, 0.25) is 11.8 Å². The van der Waals surface area contributed by atoms with Crippen LogP contribution in [0, 0.1) is 0 Å². The first-order chi connectivity index (χ1) is 9.99. The molecule has 0 aromatic heterocycles. The zero-order chi connectivity index (χ0) is 15.8. The fourth-order valence-corrected chi connectivity index (χ4v) is 2.08. The van der Waals surface area contributed by atoms with E-state index >= 15 is 0 Å². The van der Waals surface area contributed by atoms with Gasteiger partial charge in [0.25, 0.3) is 0 Å². The first-order valence-electron chi connectivity index (χ1n) is 7.05. The number of carbonyl (C=O) groups is 3. The van der Waals surface area contributed by atoms with Crippen molar-refractivity contribution in [3.63, 3.8) is 0 Å². The number of piperazine rings is 1. The number of rotatable bonds is 5. The minimum absolute atomic E-state index is 0.0424. The molecule has 1 aliphatic heterocycles. The van der Waals surface area contributed by atoms with Gasteiger partial charge in [-0.2, -0.15) is 0 Å². The van der Waals surface area contributed by atoms with Crippen LogP contribution in [0.4, 0.5) is 4.79 Å². The lowest BCUT2D eigenvalue weighted by atomic mass is 10.3. The number of ether oxygens (including phenoxy) is 1. The van der Waals surface area contributed by atoms with Gasteiger partial charge in [0, 0.05) is 39.6 Å². The Morgan fingerprint density at radius 3 is 2.24 bits per heavy atom. The second kappa shape index (κ2) is 8.28. The Balaban J connectivity index is 2.46. The minimum Gasteiger partial charge on any atom is -0.450 e. The first kappa shape index (κ1) is 17.0. The average molecular weight is 297 g/mol. The highest BCUT2D eigenvalue weighted by atomic mass is 16.6. The highest BCUT2D eigenvalue weighted by Crippen LogP contribution is 2.05. The molecule has 21 heavy (non-hydrogen) atoms. The molecular weight excluding hydrogens is 274 g/mol. The van der Waals surface area contributed by atoms with E-state index in [2.05, 4.69) is 6.58 Å². The van der Waals surface area contributed by atoms with Gasteiger partial charge < -0.3 is 19.4 Å². The molecule has 7 heteroatoms. The van der Waals surface area contributed by atoms with Gasteiger partial charge in [-0.15, -0.1) is 6.58 Å². The molecule has 1 heterocycles. The van der Waals surface area contributed by atoms with Gasteiger partial charge in [-0.3, -0.25) is 9.59 Å². The Morgan fingerprint density at radius 1 is 1.19 bits per heavy atom. The predicted molar refractivity (Wildman–Crippen MR) is 77.6 cm³/mol. The molecule has 7 nitrogen and oxygen atoms in total. The van der Waals surface area contributed by atoms with Crippen LogP contribution in [0.2, 0.25) is 0 Å². The molecule has 0 N–H and O–H groups in total. The fraction of sp³-hybridized carbons (Fsp3) is 0.643. The average Bonchev–Trinajstić information content (AvgIpc) is 2.47. The molecule has 1 fully saturated rings. The van der Waals surface area contributed by atoms with E-state index in [4.69, 9.17) is 4.74 Å². The number of amides is 3. The highest BCUT2D eigenvalue weighted by molar-refractivity contribution is 5.84.